The molecule has 3 aromatic carbocycles. The van der Waals surface area contributed by atoms with E-state index in [1.54, 1.807) is 48.5 Å². The summed E-state index contributed by atoms with van der Waals surface area (Å²) < 4.78 is 42.3. The Morgan fingerprint density at radius 1 is 0.951 bits per heavy atom. The molecule has 1 unspecified atom stereocenters. The van der Waals surface area contributed by atoms with E-state index in [2.05, 4.69) is 5.32 Å². The van der Waals surface area contributed by atoms with Crippen molar-refractivity contribution in [2.75, 3.05) is 10.8 Å². The molecule has 0 aromatic heterocycles. The fourth-order valence-electron chi connectivity index (χ4n) is 5.14. The number of hydrogen-bond acceptors (Lipinski definition) is 4. The number of rotatable bonds is 11. The molecule has 7 nitrogen and oxygen atoms in total. The Kier molecular flexibility index (Phi) is 10.4. The zero-order chi connectivity index (χ0) is 29.4. The maximum Gasteiger partial charge on any atom is 0.264 e. The minimum Gasteiger partial charge on any atom is -0.352 e. The van der Waals surface area contributed by atoms with Crippen LogP contribution in [-0.2, 0) is 26.2 Å². The Bertz CT molecular complexity index is 1430. The van der Waals surface area contributed by atoms with Gasteiger partial charge in [0.25, 0.3) is 10.0 Å². The largest absolute Gasteiger partial charge is 0.352 e. The number of nitrogens with one attached hydrogen (secondary N) is 1. The van der Waals surface area contributed by atoms with Crippen LogP contribution in [0.1, 0.15) is 51.0 Å². The summed E-state index contributed by atoms with van der Waals surface area (Å²) in [5.41, 5.74) is 0.756. The normalized spacial score (nSPS) is 14.7. The molecule has 1 aliphatic rings. The quantitative estimate of drug-likeness (QED) is 0.296. The van der Waals surface area contributed by atoms with E-state index >= 15 is 0 Å². The monoisotopic (exact) mass is 599 g/mol. The SMILES string of the molecule is CCC(C(=O)NC1CCCCC1)N(Cc1ccc(F)cc1)C(=O)CN(c1ccccc1Cl)S(=O)(=O)c1ccccc1. The Hall–Kier alpha value is -3.43. The molecule has 41 heavy (non-hydrogen) atoms. The summed E-state index contributed by atoms with van der Waals surface area (Å²) in [6.45, 7) is 1.22. The highest BCUT2D eigenvalue weighted by atomic mass is 35.5. The van der Waals surface area contributed by atoms with Gasteiger partial charge in [-0.1, -0.05) is 80.3 Å². The molecule has 3 aromatic rings. The molecule has 1 saturated carbocycles. The molecule has 1 atom stereocenters. The topological polar surface area (TPSA) is 86.8 Å². The van der Waals surface area contributed by atoms with Gasteiger partial charge in [-0.15, -0.1) is 0 Å². The highest BCUT2D eigenvalue weighted by molar-refractivity contribution is 7.92. The number of para-hydroxylation sites is 1. The zero-order valence-corrected chi connectivity index (χ0v) is 24.6. The van der Waals surface area contributed by atoms with Crippen molar-refractivity contribution in [2.24, 2.45) is 0 Å². The molecular weight excluding hydrogens is 565 g/mol. The lowest BCUT2D eigenvalue weighted by Gasteiger charge is -2.34. The van der Waals surface area contributed by atoms with E-state index in [9.17, 15) is 22.4 Å². The van der Waals surface area contributed by atoms with Crippen LogP contribution in [-0.4, -0.2) is 43.8 Å². The molecule has 2 amide bonds. The van der Waals surface area contributed by atoms with Gasteiger partial charge in [-0.05, 0) is 61.2 Å². The van der Waals surface area contributed by atoms with Gasteiger partial charge in [0, 0.05) is 12.6 Å². The number of carbonyl (C=O) groups excluding carboxylic acids is 2. The molecule has 1 fully saturated rings. The maximum absolute atomic E-state index is 14.1. The molecule has 218 valence electrons. The van der Waals surface area contributed by atoms with Gasteiger partial charge < -0.3 is 10.2 Å². The third-order valence-electron chi connectivity index (χ3n) is 7.33. The zero-order valence-electron chi connectivity index (χ0n) is 23.0. The van der Waals surface area contributed by atoms with E-state index in [4.69, 9.17) is 11.6 Å². The average Bonchev–Trinajstić information content (AvgIpc) is 2.98. The number of carbonyl (C=O) groups is 2. The average molecular weight is 600 g/mol. The van der Waals surface area contributed by atoms with E-state index in [-0.39, 0.29) is 34.1 Å². The Balaban J connectivity index is 1.70. The van der Waals surface area contributed by atoms with Gasteiger partial charge in [0.2, 0.25) is 11.8 Å². The standard InChI is InChI=1S/C31H35ClFN3O4S/c1-2-28(31(38)34-25-11-5-3-6-12-25)35(21-23-17-19-24(33)20-18-23)30(37)22-36(29-16-10-9-15-27(29)32)41(39,40)26-13-7-4-8-14-26/h4,7-10,13-20,25,28H,2-3,5-6,11-12,21-22H2,1H3,(H,34,38). The van der Waals surface area contributed by atoms with Crippen molar-refractivity contribution in [1.29, 1.82) is 0 Å². The molecule has 0 spiro atoms. The van der Waals surface area contributed by atoms with E-state index < -0.39 is 34.3 Å². The summed E-state index contributed by atoms with van der Waals surface area (Å²) in [4.78, 5) is 29.0. The molecule has 0 heterocycles. The number of benzene rings is 3. The maximum atomic E-state index is 14.1. The first-order valence-electron chi connectivity index (χ1n) is 13.9. The van der Waals surface area contributed by atoms with E-state index in [1.165, 1.54) is 35.2 Å². The number of sulfonamides is 1. The first-order chi connectivity index (χ1) is 19.7. The summed E-state index contributed by atoms with van der Waals surface area (Å²) in [5.74, 6) is -1.29. The molecular formula is C31H35ClFN3O4S. The number of halogens is 2. The summed E-state index contributed by atoms with van der Waals surface area (Å²) in [6, 6.07) is 19.1. The first kappa shape index (κ1) is 30.5. The smallest absolute Gasteiger partial charge is 0.264 e. The van der Waals surface area contributed by atoms with Crippen molar-refractivity contribution in [1.82, 2.24) is 10.2 Å². The fraction of sp³-hybridized carbons (Fsp3) is 0.355. The minimum absolute atomic E-state index is 0.000104. The molecule has 0 radical (unpaired) electrons. The second-order valence-corrected chi connectivity index (χ2v) is 12.5. The Morgan fingerprint density at radius 3 is 2.22 bits per heavy atom. The van der Waals surface area contributed by atoms with Crippen molar-refractivity contribution in [3.63, 3.8) is 0 Å². The van der Waals surface area contributed by atoms with Crippen LogP contribution in [0.5, 0.6) is 0 Å². The van der Waals surface area contributed by atoms with E-state index in [1.807, 2.05) is 6.92 Å². The van der Waals surface area contributed by atoms with Crippen LogP contribution < -0.4 is 9.62 Å². The van der Waals surface area contributed by atoms with Crippen LogP contribution in [0.2, 0.25) is 5.02 Å². The highest BCUT2D eigenvalue weighted by Crippen LogP contribution is 2.31. The van der Waals surface area contributed by atoms with Crippen LogP contribution in [0.4, 0.5) is 10.1 Å². The van der Waals surface area contributed by atoms with Crippen molar-refractivity contribution in [3.05, 3.63) is 95.3 Å². The van der Waals surface area contributed by atoms with Gasteiger partial charge in [-0.3, -0.25) is 13.9 Å². The van der Waals surface area contributed by atoms with Crippen LogP contribution in [0, 0.1) is 5.82 Å². The number of hydrogen-bond donors (Lipinski definition) is 1. The fourth-order valence-corrected chi connectivity index (χ4v) is 6.88. The van der Waals surface area contributed by atoms with Gasteiger partial charge >= 0.3 is 0 Å². The third kappa shape index (κ3) is 7.65. The predicted molar refractivity (Wildman–Crippen MR) is 158 cm³/mol. The van der Waals surface area contributed by atoms with E-state index in [0.717, 1.165) is 36.4 Å². The summed E-state index contributed by atoms with van der Waals surface area (Å²) in [5, 5.41) is 3.26. The van der Waals surface area contributed by atoms with Crippen molar-refractivity contribution >= 4 is 39.1 Å². The van der Waals surface area contributed by atoms with Gasteiger partial charge in [-0.25, -0.2) is 12.8 Å². The van der Waals surface area contributed by atoms with E-state index in [0.29, 0.717) is 12.0 Å². The second kappa shape index (κ2) is 14.0. The summed E-state index contributed by atoms with van der Waals surface area (Å²) in [6.07, 6.45) is 5.26. The second-order valence-electron chi connectivity index (χ2n) is 10.2. The number of nitrogens with zero attached hydrogens (tertiary/aromatic N) is 2. The Morgan fingerprint density at radius 2 is 1.59 bits per heavy atom. The molecule has 4 rings (SSSR count). The van der Waals surface area contributed by atoms with Crippen molar-refractivity contribution in [2.45, 2.75) is 69.0 Å². The van der Waals surface area contributed by atoms with Crippen LogP contribution in [0.3, 0.4) is 0 Å². The molecule has 0 bridgehead atoms. The molecule has 10 heteroatoms. The van der Waals surface area contributed by atoms with Crippen LogP contribution >= 0.6 is 11.6 Å². The van der Waals surface area contributed by atoms with Gasteiger partial charge in [0.15, 0.2) is 0 Å². The molecule has 1 N–H and O–H groups in total. The van der Waals surface area contributed by atoms with Gasteiger partial charge in [-0.2, -0.15) is 0 Å². The lowest BCUT2D eigenvalue weighted by molar-refractivity contribution is -0.140. The van der Waals surface area contributed by atoms with Crippen molar-refractivity contribution < 1.29 is 22.4 Å². The third-order valence-corrected chi connectivity index (χ3v) is 9.43. The number of amides is 2. The lowest BCUT2D eigenvalue weighted by Crippen LogP contribution is -2.54. The Labute approximate surface area is 246 Å². The summed E-state index contributed by atoms with van der Waals surface area (Å²) >= 11 is 6.44. The highest BCUT2D eigenvalue weighted by Gasteiger charge is 2.35. The molecule has 0 aliphatic heterocycles. The van der Waals surface area contributed by atoms with Gasteiger partial charge in [0.1, 0.15) is 18.4 Å². The summed E-state index contributed by atoms with van der Waals surface area (Å²) in [7, 11) is -4.21. The number of anilines is 1. The predicted octanol–water partition coefficient (Wildman–Crippen LogP) is 5.93. The van der Waals surface area contributed by atoms with Crippen LogP contribution in [0.25, 0.3) is 0 Å². The first-order valence-corrected chi connectivity index (χ1v) is 15.7. The van der Waals surface area contributed by atoms with Crippen LogP contribution in [0.15, 0.2) is 83.8 Å². The molecule has 1 aliphatic carbocycles. The molecule has 0 saturated heterocycles. The van der Waals surface area contributed by atoms with Crippen molar-refractivity contribution in [3.8, 4) is 0 Å². The van der Waals surface area contributed by atoms with Gasteiger partial charge in [0.05, 0.1) is 15.6 Å². The minimum atomic E-state index is -4.21. The lowest BCUT2D eigenvalue weighted by atomic mass is 9.95.